The molecule has 2 heterocycles. The van der Waals surface area contributed by atoms with Crippen molar-refractivity contribution >= 4 is 21.6 Å². The first-order chi connectivity index (χ1) is 13.0. The number of piperazine rings is 1. The number of benzene rings is 2. The first kappa shape index (κ1) is 18.6. The zero-order valence-corrected chi connectivity index (χ0v) is 16.4. The third kappa shape index (κ3) is 4.38. The predicted molar refractivity (Wildman–Crippen MR) is 103 cm³/mol. The van der Waals surface area contributed by atoms with Crippen LogP contribution in [-0.2, 0) is 22.3 Å². The SMILES string of the molecule is O=S(=O)(Cc1ccc(Cl)cc1)N1CC[NH+](Cc2ccc3c(c2)OCO3)CC1. The minimum absolute atomic E-state index is 0.0155. The van der Waals surface area contributed by atoms with Crippen LogP contribution in [0, 0.1) is 0 Å². The molecule has 0 spiro atoms. The van der Waals surface area contributed by atoms with Crippen LogP contribution in [0.2, 0.25) is 5.02 Å². The molecule has 0 radical (unpaired) electrons. The Bertz CT molecular complexity index is 910. The van der Waals surface area contributed by atoms with E-state index in [4.69, 9.17) is 21.1 Å². The van der Waals surface area contributed by atoms with Crippen LogP contribution in [0.4, 0.5) is 0 Å². The Balaban J connectivity index is 1.33. The molecule has 1 N–H and O–H groups in total. The Morgan fingerprint density at radius 1 is 0.963 bits per heavy atom. The molecule has 0 amide bonds. The molecule has 0 bridgehead atoms. The molecule has 144 valence electrons. The van der Waals surface area contributed by atoms with Gasteiger partial charge >= 0.3 is 0 Å². The number of halogens is 1. The van der Waals surface area contributed by atoms with Gasteiger partial charge in [-0.05, 0) is 35.9 Å². The lowest BCUT2D eigenvalue weighted by molar-refractivity contribution is -0.917. The third-order valence-electron chi connectivity index (χ3n) is 4.98. The maximum absolute atomic E-state index is 12.7. The Morgan fingerprint density at radius 3 is 2.37 bits per heavy atom. The van der Waals surface area contributed by atoms with E-state index in [0.717, 1.165) is 36.7 Å². The smallest absolute Gasteiger partial charge is 0.231 e. The lowest BCUT2D eigenvalue weighted by Crippen LogP contribution is -3.13. The van der Waals surface area contributed by atoms with E-state index < -0.39 is 10.0 Å². The van der Waals surface area contributed by atoms with Crippen molar-refractivity contribution in [1.82, 2.24) is 4.31 Å². The fourth-order valence-electron chi connectivity index (χ4n) is 3.48. The van der Waals surface area contributed by atoms with E-state index in [1.54, 1.807) is 28.6 Å². The topological polar surface area (TPSA) is 60.3 Å². The largest absolute Gasteiger partial charge is 0.454 e. The van der Waals surface area contributed by atoms with Crippen molar-refractivity contribution in [1.29, 1.82) is 0 Å². The summed E-state index contributed by atoms with van der Waals surface area (Å²) in [4.78, 5) is 1.37. The van der Waals surface area contributed by atoms with Crippen LogP contribution in [0.5, 0.6) is 11.5 Å². The summed E-state index contributed by atoms with van der Waals surface area (Å²) in [6.07, 6.45) is 0. The number of ether oxygens (including phenoxy) is 2. The van der Waals surface area contributed by atoms with Gasteiger partial charge in [0.25, 0.3) is 0 Å². The van der Waals surface area contributed by atoms with Gasteiger partial charge in [-0.25, -0.2) is 8.42 Å². The van der Waals surface area contributed by atoms with Crippen molar-refractivity contribution in [3.8, 4) is 11.5 Å². The van der Waals surface area contributed by atoms with Crippen molar-refractivity contribution in [2.24, 2.45) is 0 Å². The Hall–Kier alpha value is -1.80. The summed E-state index contributed by atoms with van der Waals surface area (Å²) in [5.74, 6) is 1.59. The molecule has 0 atom stereocenters. The van der Waals surface area contributed by atoms with Gasteiger partial charge in [-0.2, -0.15) is 4.31 Å². The Kier molecular flexibility index (Phi) is 5.27. The monoisotopic (exact) mass is 409 g/mol. The highest BCUT2D eigenvalue weighted by molar-refractivity contribution is 7.88. The first-order valence-electron chi connectivity index (χ1n) is 8.94. The lowest BCUT2D eigenvalue weighted by atomic mass is 10.2. The Morgan fingerprint density at radius 2 is 1.63 bits per heavy atom. The minimum atomic E-state index is -3.31. The fraction of sp³-hybridized carbons (Fsp3) is 0.368. The highest BCUT2D eigenvalue weighted by atomic mass is 35.5. The van der Waals surface area contributed by atoms with Crippen LogP contribution < -0.4 is 14.4 Å². The number of nitrogens with one attached hydrogen (secondary N) is 1. The summed E-state index contributed by atoms with van der Waals surface area (Å²) < 4.78 is 37.7. The number of sulfonamides is 1. The highest BCUT2D eigenvalue weighted by Gasteiger charge is 2.29. The molecule has 6 nitrogen and oxygen atoms in total. The van der Waals surface area contributed by atoms with Crippen LogP contribution in [0.25, 0.3) is 0 Å². The van der Waals surface area contributed by atoms with Crippen molar-refractivity contribution < 1.29 is 22.8 Å². The number of hydrogen-bond donors (Lipinski definition) is 1. The molecule has 1 saturated heterocycles. The van der Waals surface area contributed by atoms with E-state index in [1.807, 2.05) is 18.2 Å². The maximum atomic E-state index is 12.7. The molecule has 0 aliphatic carbocycles. The first-order valence-corrected chi connectivity index (χ1v) is 10.9. The summed E-state index contributed by atoms with van der Waals surface area (Å²) in [6.45, 7) is 3.77. The summed E-state index contributed by atoms with van der Waals surface area (Å²) in [5, 5.41) is 0.608. The van der Waals surface area contributed by atoms with E-state index in [0.29, 0.717) is 18.1 Å². The van der Waals surface area contributed by atoms with Crippen LogP contribution in [0.1, 0.15) is 11.1 Å². The maximum Gasteiger partial charge on any atom is 0.231 e. The molecule has 8 heteroatoms. The van der Waals surface area contributed by atoms with Crippen LogP contribution in [-0.4, -0.2) is 45.7 Å². The molecule has 4 rings (SSSR count). The number of nitrogens with zero attached hydrogens (tertiary/aromatic N) is 1. The van der Waals surface area contributed by atoms with E-state index in [2.05, 4.69) is 0 Å². The molecule has 0 aromatic heterocycles. The van der Waals surface area contributed by atoms with E-state index in [-0.39, 0.29) is 12.5 Å². The van der Waals surface area contributed by atoms with Gasteiger partial charge < -0.3 is 14.4 Å². The third-order valence-corrected chi connectivity index (χ3v) is 7.08. The van der Waals surface area contributed by atoms with Crippen molar-refractivity contribution in [2.75, 3.05) is 33.0 Å². The second-order valence-electron chi connectivity index (χ2n) is 6.90. The number of fused-ring (bicyclic) bond motifs is 1. The predicted octanol–water partition coefficient (Wildman–Crippen LogP) is 1.30. The summed E-state index contributed by atoms with van der Waals surface area (Å²) in [5.41, 5.74) is 1.93. The second-order valence-corrected chi connectivity index (χ2v) is 9.30. The average molecular weight is 410 g/mol. The fourth-order valence-corrected chi connectivity index (χ4v) is 5.14. The van der Waals surface area contributed by atoms with Gasteiger partial charge in [-0.3, -0.25) is 0 Å². The van der Waals surface area contributed by atoms with Crippen LogP contribution in [0.3, 0.4) is 0 Å². The minimum Gasteiger partial charge on any atom is -0.454 e. The summed E-state index contributed by atoms with van der Waals surface area (Å²) in [7, 11) is -3.31. The highest BCUT2D eigenvalue weighted by Crippen LogP contribution is 2.32. The molecule has 0 saturated carbocycles. The molecule has 2 aliphatic rings. The molecule has 2 aromatic carbocycles. The van der Waals surface area contributed by atoms with Gasteiger partial charge in [0.1, 0.15) is 6.54 Å². The standard InChI is InChI=1S/C19H21ClN2O4S/c20-17-4-1-15(2-5-17)13-27(23,24)22-9-7-21(8-10-22)12-16-3-6-18-19(11-16)26-14-25-18/h1-6,11H,7-10,12-14H2/p+1. The normalized spacial score (nSPS) is 18.0. The second kappa shape index (κ2) is 7.67. The molecule has 1 fully saturated rings. The average Bonchev–Trinajstić information content (AvgIpc) is 3.12. The lowest BCUT2D eigenvalue weighted by Gasteiger charge is -2.31. The van der Waals surface area contributed by atoms with Crippen LogP contribution >= 0.6 is 11.6 Å². The number of hydrogen-bond acceptors (Lipinski definition) is 4. The quantitative estimate of drug-likeness (QED) is 0.808. The molecular weight excluding hydrogens is 388 g/mol. The summed E-state index contributed by atoms with van der Waals surface area (Å²) >= 11 is 5.87. The Labute approximate surface area is 164 Å². The zero-order chi connectivity index (χ0) is 18.9. The van der Waals surface area contributed by atoms with Gasteiger partial charge in [-0.1, -0.05) is 23.7 Å². The van der Waals surface area contributed by atoms with Gasteiger partial charge in [0, 0.05) is 10.6 Å². The van der Waals surface area contributed by atoms with Gasteiger partial charge in [0.05, 0.1) is 31.9 Å². The number of quaternary nitrogens is 1. The van der Waals surface area contributed by atoms with E-state index in [1.165, 1.54) is 10.5 Å². The van der Waals surface area contributed by atoms with E-state index >= 15 is 0 Å². The zero-order valence-electron chi connectivity index (χ0n) is 14.9. The van der Waals surface area contributed by atoms with E-state index in [9.17, 15) is 8.42 Å². The molecule has 2 aliphatic heterocycles. The van der Waals surface area contributed by atoms with Gasteiger partial charge in [0.2, 0.25) is 16.8 Å². The molecule has 2 aromatic rings. The van der Waals surface area contributed by atoms with Crippen molar-refractivity contribution in [3.05, 3.63) is 58.6 Å². The molecule has 27 heavy (non-hydrogen) atoms. The van der Waals surface area contributed by atoms with Crippen molar-refractivity contribution in [3.63, 3.8) is 0 Å². The van der Waals surface area contributed by atoms with Gasteiger partial charge in [0.15, 0.2) is 11.5 Å². The molecular formula is C19H22ClN2O4S+. The number of rotatable bonds is 5. The summed E-state index contributed by atoms with van der Waals surface area (Å²) in [6, 6.07) is 13.0. The van der Waals surface area contributed by atoms with Crippen LogP contribution in [0.15, 0.2) is 42.5 Å². The molecule has 0 unspecified atom stereocenters. The van der Waals surface area contributed by atoms with Crippen molar-refractivity contribution in [2.45, 2.75) is 12.3 Å². The van der Waals surface area contributed by atoms with Gasteiger partial charge in [-0.15, -0.1) is 0 Å².